The summed E-state index contributed by atoms with van der Waals surface area (Å²) in [6.45, 7) is -1.08. The minimum atomic E-state index is -4.75. The highest BCUT2D eigenvalue weighted by atomic mass is 32.2. The van der Waals surface area contributed by atoms with E-state index in [0.717, 1.165) is 0 Å². The van der Waals surface area contributed by atoms with Crippen molar-refractivity contribution < 1.29 is 32.1 Å². The van der Waals surface area contributed by atoms with Crippen molar-refractivity contribution in [3.05, 3.63) is 30.3 Å². The van der Waals surface area contributed by atoms with E-state index in [2.05, 4.69) is 5.32 Å². The number of rotatable bonds is 7. The summed E-state index contributed by atoms with van der Waals surface area (Å²) in [6.07, 6.45) is 0.136. The Kier molecular flexibility index (Phi) is 4.52. The Morgan fingerprint density at radius 2 is 2.04 bits per heavy atom. The molecule has 1 aromatic carbocycles. The lowest BCUT2D eigenvalue weighted by Crippen LogP contribution is -2.81. The lowest BCUT2D eigenvalue weighted by molar-refractivity contribution is -0.153. The van der Waals surface area contributed by atoms with Gasteiger partial charge in [0.1, 0.15) is 5.75 Å². The Balaban J connectivity index is 1.99. The first-order valence-corrected chi connectivity index (χ1v) is 7.68. The number of benzene rings is 1. The van der Waals surface area contributed by atoms with Crippen molar-refractivity contribution in [1.29, 1.82) is 0 Å². The van der Waals surface area contributed by atoms with Crippen LogP contribution in [-0.2, 0) is 24.7 Å². The minimum absolute atomic E-state index is 0.113. The second kappa shape index (κ2) is 6.22. The van der Waals surface area contributed by atoms with E-state index in [4.69, 9.17) is 9.29 Å². The SMILES string of the molecule is O=CNC1(NC(=O)COc2ccccc2)CN(S(=O)(=O)O)C1=O. The monoisotopic (exact) mass is 343 g/mol. The Hall–Kier alpha value is -2.66. The molecule has 124 valence electrons. The number of amides is 3. The van der Waals surface area contributed by atoms with Crippen LogP contribution in [0.3, 0.4) is 0 Å². The smallest absolute Gasteiger partial charge is 0.362 e. The van der Waals surface area contributed by atoms with Crippen molar-refractivity contribution in [2.75, 3.05) is 13.2 Å². The molecule has 23 heavy (non-hydrogen) atoms. The van der Waals surface area contributed by atoms with Gasteiger partial charge in [-0.05, 0) is 12.1 Å². The number of nitrogens with zero attached hydrogens (tertiary/aromatic N) is 1. The number of para-hydroxylation sites is 1. The second-order valence-electron chi connectivity index (χ2n) is 4.61. The first-order chi connectivity index (χ1) is 10.8. The van der Waals surface area contributed by atoms with Gasteiger partial charge < -0.3 is 15.4 Å². The molecule has 0 spiro atoms. The minimum Gasteiger partial charge on any atom is -0.484 e. The van der Waals surface area contributed by atoms with Crippen LogP contribution in [0.2, 0.25) is 0 Å². The van der Waals surface area contributed by atoms with E-state index in [0.29, 0.717) is 5.75 Å². The third-order valence-corrected chi connectivity index (χ3v) is 3.87. The maximum Gasteiger partial charge on any atom is 0.362 e. The molecule has 3 amide bonds. The molecule has 2 rings (SSSR count). The van der Waals surface area contributed by atoms with Crippen molar-refractivity contribution in [1.82, 2.24) is 14.9 Å². The van der Waals surface area contributed by atoms with E-state index < -0.39 is 40.9 Å². The van der Waals surface area contributed by atoms with E-state index in [1.165, 1.54) is 0 Å². The van der Waals surface area contributed by atoms with Crippen LogP contribution in [-0.4, -0.2) is 54.3 Å². The quantitative estimate of drug-likeness (QED) is 0.231. The van der Waals surface area contributed by atoms with E-state index in [1.54, 1.807) is 30.3 Å². The number of nitrogens with one attached hydrogen (secondary N) is 2. The lowest BCUT2D eigenvalue weighted by atomic mass is 10.0. The molecule has 0 radical (unpaired) electrons. The van der Waals surface area contributed by atoms with Gasteiger partial charge in [-0.15, -0.1) is 0 Å². The molecular weight excluding hydrogens is 330 g/mol. The topological polar surface area (TPSA) is 142 Å². The standard InChI is InChI=1S/C12H13N3O7S/c16-8-13-12(7-15(11(12)18)23(19,20)21)14-10(17)6-22-9-4-2-1-3-5-9/h1-5,8H,6-7H2,(H,13,16)(H,14,17)(H,19,20,21). The van der Waals surface area contributed by atoms with Crippen molar-refractivity contribution in [2.24, 2.45) is 0 Å². The predicted octanol–water partition coefficient (Wildman–Crippen LogP) is -1.73. The summed E-state index contributed by atoms with van der Waals surface area (Å²) in [4.78, 5) is 34.3. The normalized spacial score (nSPS) is 20.4. The zero-order chi connectivity index (χ0) is 17.1. The summed E-state index contributed by atoms with van der Waals surface area (Å²) in [5.41, 5.74) is -1.92. The fourth-order valence-electron chi connectivity index (χ4n) is 1.94. The average molecular weight is 343 g/mol. The highest BCUT2D eigenvalue weighted by Gasteiger charge is 2.58. The van der Waals surface area contributed by atoms with Crippen LogP contribution in [0.1, 0.15) is 0 Å². The molecule has 0 saturated carbocycles. The van der Waals surface area contributed by atoms with E-state index in [-0.39, 0.29) is 10.7 Å². The molecule has 10 nitrogen and oxygen atoms in total. The van der Waals surface area contributed by atoms with Gasteiger partial charge in [-0.2, -0.15) is 8.42 Å². The molecule has 1 aliphatic rings. The molecule has 1 unspecified atom stereocenters. The van der Waals surface area contributed by atoms with Crippen LogP contribution >= 0.6 is 0 Å². The Bertz CT molecular complexity index is 721. The summed E-state index contributed by atoms with van der Waals surface area (Å²) < 4.78 is 35.9. The number of hydrogen-bond donors (Lipinski definition) is 3. The van der Waals surface area contributed by atoms with Crippen molar-refractivity contribution >= 4 is 28.5 Å². The van der Waals surface area contributed by atoms with Crippen LogP contribution in [0.25, 0.3) is 0 Å². The van der Waals surface area contributed by atoms with Crippen LogP contribution < -0.4 is 15.4 Å². The summed E-state index contributed by atoms with van der Waals surface area (Å²) >= 11 is 0. The van der Waals surface area contributed by atoms with Gasteiger partial charge in [0.25, 0.3) is 11.8 Å². The maximum atomic E-state index is 11.8. The third kappa shape index (κ3) is 3.57. The van der Waals surface area contributed by atoms with Crippen LogP contribution in [0.15, 0.2) is 30.3 Å². The number of carbonyl (C=O) groups is 3. The van der Waals surface area contributed by atoms with Gasteiger partial charge in [0.2, 0.25) is 12.1 Å². The summed E-state index contributed by atoms with van der Waals surface area (Å²) in [5, 5.41) is 4.22. The first kappa shape index (κ1) is 16.7. The molecule has 3 N–H and O–H groups in total. The average Bonchev–Trinajstić information content (AvgIpc) is 2.50. The Morgan fingerprint density at radius 3 is 2.57 bits per heavy atom. The van der Waals surface area contributed by atoms with Crippen LogP contribution in [0.5, 0.6) is 5.75 Å². The molecule has 1 fully saturated rings. The van der Waals surface area contributed by atoms with Gasteiger partial charge in [-0.25, -0.2) is 4.31 Å². The number of hydrogen-bond acceptors (Lipinski definition) is 6. The molecule has 11 heteroatoms. The largest absolute Gasteiger partial charge is 0.484 e. The van der Waals surface area contributed by atoms with Crippen LogP contribution in [0.4, 0.5) is 0 Å². The highest BCUT2D eigenvalue weighted by molar-refractivity contribution is 7.84. The predicted molar refractivity (Wildman–Crippen MR) is 75.3 cm³/mol. The summed E-state index contributed by atoms with van der Waals surface area (Å²) in [6, 6.07) is 8.37. The second-order valence-corrected chi connectivity index (χ2v) is 5.94. The van der Waals surface area contributed by atoms with Crippen molar-refractivity contribution in [3.63, 3.8) is 0 Å². The van der Waals surface area contributed by atoms with Gasteiger partial charge >= 0.3 is 10.3 Å². The maximum absolute atomic E-state index is 11.8. The molecule has 0 aliphatic carbocycles. The van der Waals surface area contributed by atoms with Gasteiger partial charge in [-0.1, -0.05) is 18.2 Å². The summed E-state index contributed by atoms with van der Waals surface area (Å²) in [7, 11) is -4.75. The molecule has 1 saturated heterocycles. The van der Waals surface area contributed by atoms with Gasteiger partial charge in [0.05, 0.1) is 6.54 Å². The number of ether oxygens (including phenoxy) is 1. The lowest BCUT2D eigenvalue weighted by Gasteiger charge is -2.45. The molecular formula is C12H13N3O7S. The number of carbonyl (C=O) groups excluding carboxylic acids is 3. The van der Waals surface area contributed by atoms with Crippen molar-refractivity contribution in [2.45, 2.75) is 5.66 Å². The van der Waals surface area contributed by atoms with E-state index in [9.17, 15) is 22.8 Å². The molecule has 0 aromatic heterocycles. The first-order valence-electron chi connectivity index (χ1n) is 6.28. The van der Waals surface area contributed by atoms with Gasteiger partial charge in [0.15, 0.2) is 6.61 Å². The Labute approximate surface area is 131 Å². The van der Waals surface area contributed by atoms with Crippen molar-refractivity contribution in [3.8, 4) is 5.75 Å². The summed E-state index contributed by atoms with van der Waals surface area (Å²) in [5.74, 6) is -1.52. The molecule has 0 bridgehead atoms. The zero-order valence-corrected chi connectivity index (χ0v) is 12.4. The Morgan fingerprint density at radius 1 is 1.39 bits per heavy atom. The van der Waals surface area contributed by atoms with E-state index >= 15 is 0 Å². The fourth-order valence-corrected chi connectivity index (χ4v) is 2.66. The van der Waals surface area contributed by atoms with Crippen LogP contribution in [0, 0.1) is 0 Å². The molecule has 1 aliphatic heterocycles. The zero-order valence-electron chi connectivity index (χ0n) is 11.6. The van der Waals surface area contributed by atoms with Gasteiger partial charge in [0, 0.05) is 0 Å². The fraction of sp³-hybridized carbons (Fsp3) is 0.250. The molecule has 1 heterocycles. The van der Waals surface area contributed by atoms with Gasteiger partial charge in [-0.3, -0.25) is 18.9 Å². The third-order valence-electron chi connectivity index (χ3n) is 3.02. The highest BCUT2D eigenvalue weighted by Crippen LogP contribution is 2.22. The van der Waals surface area contributed by atoms with E-state index in [1.807, 2.05) is 5.32 Å². The number of β-lactam (4-membered cyclic amide) rings is 1. The molecule has 1 aromatic rings. The molecule has 1 atom stereocenters.